The van der Waals surface area contributed by atoms with Crippen molar-refractivity contribution in [3.63, 3.8) is 0 Å². The quantitative estimate of drug-likeness (QED) is 0.166. The van der Waals surface area contributed by atoms with Crippen molar-refractivity contribution in [2.45, 2.75) is 105 Å². The topological polar surface area (TPSA) is 10.9 Å². The normalized spacial score (nSPS) is 12.9. The van der Waals surface area contributed by atoms with Crippen LogP contribution in [-0.2, 0) is 21.7 Å². The highest BCUT2D eigenvalue weighted by Crippen LogP contribution is 2.49. The smallest absolute Gasteiger partial charge is 0.0641 e. The number of nitrogens with zero attached hydrogens (tertiary/aromatic N) is 3. The summed E-state index contributed by atoms with van der Waals surface area (Å²) in [5.74, 6) is 0. The Morgan fingerprint density at radius 1 is 0.328 bits per heavy atom. The van der Waals surface area contributed by atoms with Gasteiger partial charge in [-0.1, -0.05) is 162 Å². The van der Waals surface area contributed by atoms with Crippen LogP contribution in [0.25, 0.3) is 38.1 Å². The molecule has 0 saturated heterocycles. The van der Waals surface area contributed by atoms with E-state index in [1.165, 1.54) is 66.0 Å². The van der Waals surface area contributed by atoms with E-state index in [-0.39, 0.29) is 21.7 Å². The molecule has 0 aliphatic rings. The summed E-state index contributed by atoms with van der Waals surface area (Å²) in [4.78, 5) is 4.88. The predicted octanol–water partition coefficient (Wildman–Crippen LogP) is 17.0. The largest absolute Gasteiger partial charge is 0.310 e. The Kier molecular flexibility index (Phi) is 9.44. The Morgan fingerprint density at radius 2 is 0.705 bits per heavy atom. The van der Waals surface area contributed by atoms with E-state index < -0.39 is 0 Å². The van der Waals surface area contributed by atoms with Crippen molar-refractivity contribution >= 4 is 72.2 Å². The van der Waals surface area contributed by atoms with Crippen molar-refractivity contribution < 1.29 is 0 Å². The molecule has 0 fully saturated rings. The molecule has 0 saturated carbocycles. The molecule has 0 amide bonds. The summed E-state index contributed by atoms with van der Waals surface area (Å²) in [5.41, 5.74) is 16.1. The molecule has 0 N–H and O–H groups in total. The molecule has 2 aromatic heterocycles. The molecule has 7 aromatic carbocycles. The predicted molar refractivity (Wildman–Crippen MR) is 265 cm³/mol. The number of benzene rings is 7. The lowest BCUT2D eigenvalue weighted by molar-refractivity contribution is 0.590. The van der Waals surface area contributed by atoms with Gasteiger partial charge in [-0.05, 0) is 117 Å². The van der Waals surface area contributed by atoms with Crippen molar-refractivity contribution in [2.75, 3.05) is 9.80 Å². The monoisotopic (exact) mass is 799 g/mol. The minimum atomic E-state index is 0.0603. The van der Waals surface area contributed by atoms with E-state index in [0.717, 1.165) is 28.4 Å². The van der Waals surface area contributed by atoms with Crippen molar-refractivity contribution in [3.8, 4) is 0 Å². The summed E-state index contributed by atoms with van der Waals surface area (Å²) in [6.07, 6.45) is 0. The van der Waals surface area contributed by atoms with E-state index in [0.29, 0.717) is 0 Å². The van der Waals surface area contributed by atoms with Gasteiger partial charge in [-0.3, -0.25) is 0 Å². The number of rotatable bonds is 6. The fourth-order valence-electron chi connectivity index (χ4n) is 9.12. The second kappa shape index (κ2) is 14.3. The molecule has 0 radical (unpaired) electrons. The van der Waals surface area contributed by atoms with E-state index in [1.807, 2.05) is 0 Å². The van der Waals surface area contributed by atoms with Gasteiger partial charge < -0.3 is 14.2 Å². The molecule has 0 atom stereocenters. The maximum atomic E-state index is 2.52. The minimum Gasteiger partial charge on any atom is -0.310 e. The summed E-state index contributed by atoms with van der Waals surface area (Å²) < 4.78 is 2.52. The molecule has 0 aliphatic heterocycles. The van der Waals surface area contributed by atoms with Crippen LogP contribution in [0.1, 0.15) is 105 Å². The van der Waals surface area contributed by atoms with Crippen LogP contribution in [0.4, 0.5) is 34.1 Å². The molecule has 3 heteroatoms. The van der Waals surface area contributed by atoms with Gasteiger partial charge in [0.2, 0.25) is 0 Å². The van der Waals surface area contributed by atoms with Crippen LogP contribution in [0.15, 0.2) is 152 Å². The highest BCUT2D eigenvalue weighted by Gasteiger charge is 2.26. The van der Waals surface area contributed by atoms with Gasteiger partial charge in [-0.25, -0.2) is 0 Å². The number of fused-ring (bicyclic) bond motifs is 6. The summed E-state index contributed by atoms with van der Waals surface area (Å²) in [7, 11) is 0. The molecule has 9 aromatic rings. The molecule has 0 unspecified atom stereocenters. The molecule has 0 aliphatic carbocycles. The van der Waals surface area contributed by atoms with Crippen molar-refractivity contribution in [1.82, 2.24) is 4.40 Å². The Hall–Kier alpha value is -6.06. The number of anilines is 6. The Labute approximate surface area is 363 Å². The Morgan fingerprint density at radius 3 is 1.13 bits per heavy atom. The number of hydrogen-bond donors (Lipinski definition) is 0. The van der Waals surface area contributed by atoms with Crippen molar-refractivity contribution in [2.24, 2.45) is 0 Å². The zero-order valence-corrected chi connectivity index (χ0v) is 38.3. The molecule has 3 nitrogen and oxygen atoms in total. The van der Waals surface area contributed by atoms with Crippen molar-refractivity contribution in [3.05, 3.63) is 174 Å². The van der Waals surface area contributed by atoms with E-state index in [2.05, 4.69) is 249 Å². The zero-order valence-electron chi connectivity index (χ0n) is 38.3. The first kappa shape index (κ1) is 40.4. The van der Waals surface area contributed by atoms with Crippen LogP contribution >= 0.6 is 0 Å². The van der Waals surface area contributed by atoms with Crippen LogP contribution < -0.4 is 9.80 Å². The van der Waals surface area contributed by atoms with Crippen LogP contribution in [0.2, 0.25) is 0 Å². The lowest BCUT2D eigenvalue weighted by atomic mass is 9.86. The number of hydrogen-bond acceptors (Lipinski definition) is 2. The standard InChI is InChI=1S/C58H61N3/c1-55(2,3)38-17-25-42(26-18-38)59(43-27-19-39(20-28-43)56(4,5)6)46-33-34-47-48-35-36-51(53-49-15-13-14-16-50(49)61(54(48)53)52(47)37-46)60(44-29-21-40(22-30-44)57(7,8)9)45-31-23-41(24-32-45)58(10,11)12/h13-37H,1-12H3. The van der Waals surface area contributed by atoms with Gasteiger partial charge in [0.25, 0.3) is 0 Å². The average molecular weight is 800 g/mol. The molecule has 2 heterocycles. The van der Waals surface area contributed by atoms with Gasteiger partial charge in [-0.15, -0.1) is 0 Å². The molecule has 9 rings (SSSR count). The maximum Gasteiger partial charge on any atom is 0.0641 e. The zero-order chi connectivity index (χ0) is 43.2. The lowest BCUT2D eigenvalue weighted by Gasteiger charge is -2.28. The van der Waals surface area contributed by atoms with Gasteiger partial charge in [0.05, 0.1) is 22.2 Å². The van der Waals surface area contributed by atoms with Crippen LogP contribution in [-0.4, -0.2) is 4.40 Å². The third-order valence-corrected chi connectivity index (χ3v) is 12.8. The molecule has 61 heavy (non-hydrogen) atoms. The molecule has 0 bridgehead atoms. The highest BCUT2D eigenvalue weighted by atomic mass is 15.2. The van der Waals surface area contributed by atoms with Gasteiger partial charge in [-0.2, -0.15) is 0 Å². The highest BCUT2D eigenvalue weighted by molar-refractivity contribution is 6.27. The van der Waals surface area contributed by atoms with Crippen molar-refractivity contribution in [1.29, 1.82) is 0 Å². The molecular weight excluding hydrogens is 739 g/mol. The molecular formula is C58H61N3. The van der Waals surface area contributed by atoms with Crippen LogP contribution in [0.5, 0.6) is 0 Å². The summed E-state index contributed by atoms with van der Waals surface area (Å²) >= 11 is 0. The summed E-state index contributed by atoms with van der Waals surface area (Å²) in [5, 5.41) is 5.03. The fourth-order valence-corrected chi connectivity index (χ4v) is 9.12. The second-order valence-electron chi connectivity index (χ2n) is 21.3. The third kappa shape index (κ3) is 7.12. The summed E-state index contributed by atoms with van der Waals surface area (Å²) in [6.45, 7) is 27.4. The van der Waals surface area contributed by atoms with E-state index >= 15 is 0 Å². The van der Waals surface area contributed by atoms with Gasteiger partial charge in [0.15, 0.2) is 0 Å². The number of aromatic nitrogens is 1. The van der Waals surface area contributed by atoms with E-state index in [4.69, 9.17) is 0 Å². The Balaban J connectivity index is 1.28. The minimum absolute atomic E-state index is 0.0603. The van der Waals surface area contributed by atoms with E-state index in [9.17, 15) is 0 Å². The van der Waals surface area contributed by atoms with Crippen LogP contribution in [0, 0.1) is 0 Å². The number of para-hydroxylation sites is 1. The third-order valence-electron chi connectivity index (χ3n) is 12.8. The van der Waals surface area contributed by atoms with Gasteiger partial charge in [0, 0.05) is 50.0 Å². The molecule has 0 spiro atoms. The second-order valence-corrected chi connectivity index (χ2v) is 21.3. The maximum absolute atomic E-state index is 2.52. The molecule has 308 valence electrons. The SMILES string of the molecule is CC(C)(C)c1ccc(N(c2ccc(C(C)(C)C)cc2)c2ccc3c4ccc(N(c5ccc(C(C)(C)C)cc5)c5ccc(C(C)(C)C)cc5)c5c6ccccc6n(c3c2)c45)cc1. The van der Waals surface area contributed by atoms with E-state index in [1.54, 1.807) is 0 Å². The first-order chi connectivity index (χ1) is 28.8. The Bertz CT molecular complexity index is 2890. The van der Waals surface area contributed by atoms with Gasteiger partial charge >= 0.3 is 0 Å². The fraction of sp³-hybridized carbons (Fsp3) is 0.276. The average Bonchev–Trinajstić information content (AvgIpc) is 3.73. The van der Waals surface area contributed by atoms with Crippen LogP contribution in [0.3, 0.4) is 0 Å². The van der Waals surface area contributed by atoms with Gasteiger partial charge in [0.1, 0.15) is 0 Å². The first-order valence-electron chi connectivity index (χ1n) is 22.0. The summed E-state index contributed by atoms with van der Waals surface area (Å²) in [6, 6.07) is 57.4. The first-order valence-corrected chi connectivity index (χ1v) is 22.0. The lowest BCUT2D eigenvalue weighted by Crippen LogP contribution is -2.14.